The number of alkyl halides is 3. The van der Waals surface area contributed by atoms with Crippen molar-refractivity contribution >= 4 is 27.5 Å². The number of halogens is 4. The fourth-order valence-electron chi connectivity index (χ4n) is 2.34. The first-order valence-electron chi connectivity index (χ1n) is 8.79. The maximum absolute atomic E-state index is 12.1. The van der Waals surface area contributed by atoms with Gasteiger partial charge in [-0.25, -0.2) is 13.1 Å². The van der Waals surface area contributed by atoms with Gasteiger partial charge in [0.15, 0.2) is 0 Å². The topological polar surface area (TPSA) is 84.5 Å². The molecule has 0 spiro atoms. The van der Waals surface area contributed by atoms with Gasteiger partial charge in [-0.05, 0) is 29.3 Å². The lowest BCUT2D eigenvalue weighted by Gasteiger charge is -2.09. The van der Waals surface area contributed by atoms with Gasteiger partial charge in [0.25, 0.3) is 0 Å². The fourth-order valence-corrected chi connectivity index (χ4v) is 3.68. The van der Waals surface area contributed by atoms with Gasteiger partial charge in [0.1, 0.15) is 6.61 Å². The van der Waals surface area contributed by atoms with Gasteiger partial charge < -0.3 is 10.1 Å². The zero-order valence-corrected chi connectivity index (χ0v) is 17.3. The highest BCUT2D eigenvalue weighted by Crippen LogP contribution is 2.16. The van der Waals surface area contributed by atoms with Gasteiger partial charge in [-0.2, -0.15) is 13.2 Å². The van der Waals surface area contributed by atoms with Crippen LogP contribution in [0, 0.1) is 0 Å². The summed E-state index contributed by atoms with van der Waals surface area (Å²) in [5.74, 6) is -0.360. The zero-order chi connectivity index (χ0) is 22.2. The number of carbonyl (C=O) groups is 1. The molecule has 6 nitrogen and oxygen atoms in total. The van der Waals surface area contributed by atoms with E-state index in [4.69, 9.17) is 11.6 Å². The van der Waals surface area contributed by atoms with Crippen LogP contribution in [0.1, 0.15) is 17.5 Å². The van der Waals surface area contributed by atoms with Gasteiger partial charge in [-0.1, -0.05) is 41.9 Å². The molecule has 0 radical (unpaired) electrons. The van der Waals surface area contributed by atoms with E-state index in [-0.39, 0.29) is 41.9 Å². The second kappa shape index (κ2) is 10.8. The van der Waals surface area contributed by atoms with E-state index < -0.39 is 22.8 Å². The number of carbonyl (C=O) groups excluding carboxylic acids is 1. The van der Waals surface area contributed by atoms with Crippen molar-refractivity contribution in [2.24, 2.45) is 0 Å². The third-order valence-corrected chi connectivity index (χ3v) is 5.49. The number of sulfonamides is 1. The second-order valence-corrected chi connectivity index (χ2v) is 8.51. The summed E-state index contributed by atoms with van der Waals surface area (Å²) in [6.45, 7) is -1.37. The molecule has 2 rings (SSSR count). The summed E-state index contributed by atoms with van der Waals surface area (Å²) in [5.41, 5.74) is 1.31. The van der Waals surface area contributed by atoms with Crippen LogP contribution in [-0.2, 0) is 32.7 Å². The van der Waals surface area contributed by atoms with Gasteiger partial charge in [0.05, 0.1) is 11.5 Å². The Morgan fingerprint density at radius 3 is 2.37 bits per heavy atom. The SMILES string of the molecule is O=C(CCNS(=O)(=O)c1cccc(Cl)c1)NCc1ccc(COCC(F)(F)F)cc1. The number of benzene rings is 2. The fraction of sp³-hybridized carbons (Fsp3) is 0.316. The number of ether oxygens (including phenoxy) is 1. The van der Waals surface area contributed by atoms with Crippen LogP contribution in [0.2, 0.25) is 5.02 Å². The van der Waals surface area contributed by atoms with Gasteiger partial charge in [-0.15, -0.1) is 0 Å². The Hall–Kier alpha value is -2.14. The van der Waals surface area contributed by atoms with Crippen LogP contribution in [-0.4, -0.2) is 33.7 Å². The standard InChI is InChI=1S/C19H20ClF3N2O4S/c20-16-2-1-3-17(10-16)30(27,28)25-9-8-18(26)24-11-14-4-6-15(7-5-14)12-29-13-19(21,22)23/h1-7,10,25H,8-9,11-13H2,(H,24,26). The lowest BCUT2D eigenvalue weighted by atomic mass is 10.1. The third-order valence-electron chi connectivity index (χ3n) is 3.80. The molecule has 0 aliphatic rings. The Balaban J connectivity index is 1.72. The Kier molecular flexibility index (Phi) is 8.65. The average Bonchev–Trinajstić information content (AvgIpc) is 2.66. The van der Waals surface area contributed by atoms with Crippen molar-refractivity contribution in [2.45, 2.75) is 30.6 Å². The Morgan fingerprint density at radius 2 is 1.73 bits per heavy atom. The van der Waals surface area contributed by atoms with E-state index in [1.807, 2.05) is 0 Å². The Bertz CT molecular complexity index is 951. The van der Waals surface area contributed by atoms with E-state index in [0.717, 1.165) is 5.56 Å². The highest BCUT2D eigenvalue weighted by molar-refractivity contribution is 7.89. The molecule has 2 N–H and O–H groups in total. The molecule has 0 aromatic heterocycles. The van der Waals surface area contributed by atoms with Crippen molar-refractivity contribution < 1.29 is 31.1 Å². The molecule has 0 heterocycles. The predicted molar refractivity (Wildman–Crippen MR) is 105 cm³/mol. The molecule has 0 fully saturated rings. The van der Waals surface area contributed by atoms with Crippen molar-refractivity contribution in [2.75, 3.05) is 13.2 Å². The van der Waals surface area contributed by atoms with Crippen molar-refractivity contribution in [3.05, 3.63) is 64.7 Å². The first-order chi connectivity index (χ1) is 14.0. The monoisotopic (exact) mass is 464 g/mol. The lowest BCUT2D eigenvalue weighted by Crippen LogP contribution is -2.30. The quantitative estimate of drug-likeness (QED) is 0.564. The third kappa shape index (κ3) is 8.70. The summed E-state index contributed by atoms with van der Waals surface area (Å²) in [7, 11) is -3.76. The normalized spacial score (nSPS) is 12.0. The smallest absolute Gasteiger partial charge is 0.367 e. The molecule has 2 aromatic rings. The number of hydrogen-bond donors (Lipinski definition) is 2. The van der Waals surface area contributed by atoms with Gasteiger partial charge >= 0.3 is 6.18 Å². The summed E-state index contributed by atoms with van der Waals surface area (Å²) in [4.78, 5) is 11.9. The molecule has 30 heavy (non-hydrogen) atoms. The van der Waals surface area contributed by atoms with Crippen LogP contribution >= 0.6 is 11.6 Å². The molecule has 0 unspecified atom stereocenters. The van der Waals surface area contributed by atoms with Crippen LogP contribution in [0.25, 0.3) is 0 Å². The number of nitrogens with one attached hydrogen (secondary N) is 2. The molecule has 0 saturated carbocycles. The van der Waals surface area contributed by atoms with Gasteiger partial charge in [0.2, 0.25) is 15.9 Å². The Morgan fingerprint density at radius 1 is 1.07 bits per heavy atom. The molecule has 0 aliphatic carbocycles. The average molecular weight is 465 g/mol. The summed E-state index contributed by atoms with van der Waals surface area (Å²) < 4.78 is 67.3. The van der Waals surface area contributed by atoms with E-state index in [1.165, 1.54) is 18.2 Å². The van der Waals surface area contributed by atoms with Crippen LogP contribution < -0.4 is 10.0 Å². The molecular weight excluding hydrogens is 445 g/mol. The molecule has 0 aliphatic heterocycles. The van der Waals surface area contributed by atoms with E-state index in [0.29, 0.717) is 5.56 Å². The number of hydrogen-bond acceptors (Lipinski definition) is 4. The lowest BCUT2D eigenvalue weighted by molar-refractivity contribution is -0.176. The van der Waals surface area contributed by atoms with Crippen LogP contribution in [0.3, 0.4) is 0 Å². The minimum absolute atomic E-state index is 0.00899. The van der Waals surface area contributed by atoms with Crippen LogP contribution in [0.5, 0.6) is 0 Å². The highest BCUT2D eigenvalue weighted by Gasteiger charge is 2.27. The van der Waals surface area contributed by atoms with E-state index >= 15 is 0 Å². The molecule has 0 bridgehead atoms. The number of rotatable bonds is 10. The van der Waals surface area contributed by atoms with Gasteiger partial charge in [-0.3, -0.25) is 4.79 Å². The maximum atomic E-state index is 12.1. The number of amides is 1. The minimum atomic E-state index is -4.37. The van der Waals surface area contributed by atoms with Crippen molar-refractivity contribution in [3.8, 4) is 0 Å². The largest absolute Gasteiger partial charge is 0.411 e. The molecule has 0 atom stereocenters. The first kappa shape index (κ1) is 24.1. The van der Waals surface area contributed by atoms with Gasteiger partial charge in [0, 0.05) is 24.5 Å². The van der Waals surface area contributed by atoms with Crippen LogP contribution in [0.15, 0.2) is 53.4 Å². The molecule has 1 amide bonds. The van der Waals surface area contributed by atoms with Crippen molar-refractivity contribution in [1.29, 1.82) is 0 Å². The minimum Gasteiger partial charge on any atom is -0.367 e. The highest BCUT2D eigenvalue weighted by atomic mass is 35.5. The molecule has 11 heteroatoms. The summed E-state index contributed by atoms with van der Waals surface area (Å²) in [6.07, 6.45) is -4.43. The summed E-state index contributed by atoms with van der Waals surface area (Å²) in [5, 5.41) is 2.93. The summed E-state index contributed by atoms with van der Waals surface area (Å²) >= 11 is 5.78. The molecule has 0 saturated heterocycles. The molecule has 2 aromatic carbocycles. The van der Waals surface area contributed by atoms with Crippen molar-refractivity contribution in [1.82, 2.24) is 10.0 Å². The van der Waals surface area contributed by atoms with E-state index in [9.17, 15) is 26.4 Å². The predicted octanol–water partition coefficient (Wildman–Crippen LogP) is 3.40. The maximum Gasteiger partial charge on any atom is 0.411 e. The van der Waals surface area contributed by atoms with Crippen molar-refractivity contribution in [3.63, 3.8) is 0 Å². The zero-order valence-electron chi connectivity index (χ0n) is 15.7. The van der Waals surface area contributed by atoms with Crippen LogP contribution in [0.4, 0.5) is 13.2 Å². The first-order valence-corrected chi connectivity index (χ1v) is 10.7. The Labute approximate surface area is 177 Å². The molecule has 164 valence electrons. The second-order valence-electron chi connectivity index (χ2n) is 6.31. The van der Waals surface area contributed by atoms with E-state index in [1.54, 1.807) is 30.3 Å². The van der Waals surface area contributed by atoms with E-state index in [2.05, 4.69) is 14.8 Å². The molecular formula is C19H20ClF3N2O4S. The summed E-state index contributed by atoms with van der Waals surface area (Å²) in [6, 6.07) is 12.3.